The molecule has 0 spiro atoms. The van der Waals surface area contributed by atoms with Gasteiger partial charge in [-0.1, -0.05) is 47.2 Å². The molecule has 3 aromatic carbocycles. The van der Waals surface area contributed by atoms with Gasteiger partial charge in [-0.2, -0.15) is 0 Å². The normalized spacial score (nSPS) is 14.7. The van der Waals surface area contributed by atoms with E-state index in [9.17, 15) is 9.59 Å². The van der Waals surface area contributed by atoms with Crippen LogP contribution in [0.2, 0.25) is 5.02 Å². The monoisotopic (exact) mass is 710 g/mol. The number of carbonyl (C=O) groups is 1. The van der Waals surface area contributed by atoms with E-state index in [0.29, 0.717) is 60.6 Å². The topological polar surface area (TPSA) is 88.4 Å². The Bertz CT molecular complexity index is 1930. The number of allylic oxidation sites excluding steroid dienone is 1. The molecule has 45 heavy (non-hydrogen) atoms. The third-order valence-corrected chi connectivity index (χ3v) is 8.76. The van der Waals surface area contributed by atoms with Gasteiger partial charge in [0.2, 0.25) is 0 Å². The van der Waals surface area contributed by atoms with E-state index in [2.05, 4.69) is 20.9 Å². The maximum absolute atomic E-state index is 14.1. The lowest BCUT2D eigenvalue weighted by Gasteiger charge is -2.25. The van der Waals surface area contributed by atoms with Crippen molar-refractivity contribution in [3.8, 4) is 17.2 Å². The van der Waals surface area contributed by atoms with Gasteiger partial charge in [-0.15, -0.1) is 0 Å². The van der Waals surface area contributed by atoms with Gasteiger partial charge in [0.15, 0.2) is 16.3 Å². The fraction of sp³-hybridized carbons (Fsp3) is 0.265. The van der Waals surface area contributed by atoms with Crippen molar-refractivity contribution in [1.29, 1.82) is 0 Å². The highest BCUT2D eigenvalue weighted by atomic mass is 79.9. The van der Waals surface area contributed by atoms with Gasteiger partial charge < -0.3 is 18.9 Å². The van der Waals surface area contributed by atoms with E-state index in [4.69, 9.17) is 30.5 Å². The smallest absolute Gasteiger partial charge is 0.338 e. The van der Waals surface area contributed by atoms with Crippen molar-refractivity contribution in [1.82, 2.24) is 4.57 Å². The number of carbonyl (C=O) groups excluding carboxylic acids is 1. The summed E-state index contributed by atoms with van der Waals surface area (Å²) in [7, 11) is 1.56. The van der Waals surface area contributed by atoms with Gasteiger partial charge in [0, 0.05) is 5.02 Å². The molecule has 1 aliphatic heterocycles. The third-order valence-electron chi connectivity index (χ3n) is 6.94. The second kappa shape index (κ2) is 14.1. The number of ether oxygens (including phenoxy) is 4. The molecule has 0 saturated heterocycles. The SMILES string of the molecule is CCOc1ccc([C@H]2C(C(=O)OC(C)C)=C(C)N=c3s/c(=C/c4cc(Br)c(OCc5ccc(Cl)cc5)c(OC)c4)c(=O)n32)cc1. The van der Waals surface area contributed by atoms with Gasteiger partial charge in [0.05, 0.1) is 46.1 Å². The zero-order valence-electron chi connectivity index (χ0n) is 25.4. The van der Waals surface area contributed by atoms with E-state index in [0.717, 1.165) is 16.7 Å². The summed E-state index contributed by atoms with van der Waals surface area (Å²) in [4.78, 5) is 32.6. The first kappa shape index (κ1) is 32.5. The fourth-order valence-corrected chi connectivity index (χ4v) is 6.69. The molecule has 1 atom stereocenters. The molecular weight excluding hydrogens is 680 g/mol. The average Bonchev–Trinajstić information content (AvgIpc) is 3.30. The molecular formula is C34H32BrClN2O6S. The first-order valence-corrected chi connectivity index (χ1v) is 16.3. The highest BCUT2D eigenvalue weighted by Gasteiger charge is 2.33. The van der Waals surface area contributed by atoms with Crippen LogP contribution in [0.25, 0.3) is 6.08 Å². The molecule has 0 N–H and O–H groups in total. The van der Waals surface area contributed by atoms with Crippen LogP contribution in [-0.2, 0) is 16.1 Å². The number of nitrogens with zero attached hydrogens (tertiary/aromatic N) is 2. The van der Waals surface area contributed by atoms with Crippen molar-refractivity contribution < 1.29 is 23.7 Å². The van der Waals surface area contributed by atoms with Crippen molar-refractivity contribution in [2.75, 3.05) is 13.7 Å². The number of rotatable bonds is 10. The number of hydrogen-bond donors (Lipinski definition) is 0. The third kappa shape index (κ3) is 7.19. The number of esters is 1. The molecule has 1 aliphatic rings. The van der Waals surface area contributed by atoms with Gasteiger partial charge in [-0.25, -0.2) is 9.79 Å². The Labute approximate surface area is 278 Å². The summed E-state index contributed by atoms with van der Waals surface area (Å²) in [6.07, 6.45) is 1.44. The molecule has 2 heterocycles. The minimum absolute atomic E-state index is 0.280. The van der Waals surface area contributed by atoms with E-state index in [1.807, 2.05) is 61.5 Å². The van der Waals surface area contributed by atoms with Gasteiger partial charge >= 0.3 is 5.97 Å². The molecule has 0 radical (unpaired) electrons. The van der Waals surface area contributed by atoms with E-state index in [1.165, 1.54) is 11.3 Å². The molecule has 4 aromatic rings. The largest absolute Gasteiger partial charge is 0.494 e. The predicted octanol–water partition coefficient (Wildman–Crippen LogP) is 6.59. The molecule has 8 nitrogen and oxygen atoms in total. The highest BCUT2D eigenvalue weighted by Crippen LogP contribution is 2.38. The maximum atomic E-state index is 14.1. The summed E-state index contributed by atoms with van der Waals surface area (Å²) < 4.78 is 25.6. The lowest BCUT2D eigenvalue weighted by molar-refractivity contribution is -0.143. The Morgan fingerprint density at radius 2 is 1.82 bits per heavy atom. The summed E-state index contributed by atoms with van der Waals surface area (Å²) in [5, 5.41) is 0.653. The second-order valence-corrected chi connectivity index (χ2v) is 12.8. The van der Waals surface area contributed by atoms with Crippen molar-refractivity contribution in [3.63, 3.8) is 0 Å². The Balaban J connectivity index is 1.56. The zero-order valence-corrected chi connectivity index (χ0v) is 28.6. The number of hydrogen-bond acceptors (Lipinski definition) is 8. The molecule has 0 fully saturated rings. The van der Waals surface area contributed by atoms with Crippen LogP contribution in [0.15, 0.2) is 86.2 Å². The molecule has 11 heteroatoms. The molecule has 0 aliphatic carbocycles. The van der Waals surface area contributed by atoms with Crippen LogP contribution in [0.5, 0.6) is 17.2 Å². The van der Waals surface area contributed by atoms with Crippen LogP contribution in [-0.4, -0.2) is 30.4 Å². The number of fused-ring (bicyclic) bond motifs is 1. The van der Waals surface area contributed by atoms with Gasteiger partial charge in [0.1, 0.15) is 12.4 Å². The fourth-order valence-electron chi connectivity index (χ4n) is 4.94. The van der Waals surface area contributed by atoms with Crippen molar-refractivity contribution in [2.45, 2.75) is 46.4 Å². The number of methoxy groups -OCH3 is 1. The Hall–Kier alpha value is -3.86. The minimum Gasteiger partial charge on any atom is -0.494 e. The Morgan fingerprint density at radius 1 is 1.11 bits per heavy atom. The van der Waals surface area contributed by atoms with Gasteiger partial charge in [-0.3, -0.25) is 9.36 Å². The van der Waals surface area contributed by atoms with Crippen molar-refractivity contribution >= 4 is 50.9 Å². The molecule has 0 amide bonds. The van der Waals surface area contributed by atoms with E-state index in [1.54, 1.807) is 44.6 Å². The zero-order chi connectivity index (χ0) is 32.2. The predicted molar refractivity (Wildman–Crippen MR) is 179 cm³/mol. The van der Waals surface area contributed by atoms with Crippen LogP contribution in [0.1, 0.15) is 50.4 Å². The number of aromatic nitrogens is 1. The summed E-state index contributed by atoms with van der Waals surface area (Å²) in [5.41, 5.74) is 2.95. The number of benzene rings is 3. The van der Waals surface area contributed by atoms with E-state index in [-0.39, 0.29) is 11.7 Å². The standard InChI is InChI=1S/C34H32BrClN2O6S/c1-6-42-25-13-9-23(10-14-25)30-29(33(40)44-19(2)3)20(4)37-34-38(30)32(39)28(45-34)17-22-15-26(35)31(27(16-22)41-5)43-18-21-7-11-24(36)12-8-21/h7-17,19,30H,6,18H2,1-5H3/b28-17+/t30-/m0/s1. The molecule has 5 rings (SSSR count). The van der Waals surface area contributed by atoms with Crippen LogP contribution in [0, 0.1) is 0 Å². The van der Waals surface area contributed by atoms with Crippen molar-refractivity contribution in [2.24, 2.45) is 4.99 Å². The van der Waals surface area contributed by atoms with E-state index < -0.39 is 12.0 Å². The average molecular weight is 712 g/mol. The van der Waals surface area contributed by atoms with Gasteiger partial charge in [-0.05, 0) is 103 Å². The number of halogens is 2. The first-order valence-electron chi connectivity index (χ1n) is 14.3. The summed E-state index contributed by atoms with van der Waals surface area (Å²) in [6, 6.07) is 17.7. The highest BCUT2D eigenvalue weighted by molar-refractivity contribution is 9.10. The van der Waals surface area contributed by atoms with E-state index >= 15 is 0 Å². The van der Waals surface area contributed by atoms with Crippen molar-refractivity contribution in [3.05, 3.63) is 118 Å². The lowest BCUT2D eigenvalue weighted by Crippen LogP contribution is -2.40. The Morgan fingerprint density at radius 3 is 2.47 bits per heavy atom. The summed E-state index contributed by atoms with van der Waals surface area (Å²) >= 11 is 10.9. The minimum atomic E-state index is -0.727. The lowest BCUT2D eigenvalue weighted by atomic mass is 9.96. The quantitative estimate of drug-likeness (QED) is 0.173. The maximum Gasteiger partial charge on any atom is 0.338 e. The molecule has 0 saturated carbocycles. The number of thiazole rings is 1. The first-order chi connectivity index (χ1) is 21.6. The summed E-state index contributed by atoms with van der Waals surface area (Å²) in [6.45, 7) is 8.09. The Kier molecular flexibility index (Phi) is 10.2. The van der Waals surface area contributed by atoms with Crippen LogP contribution in [0.4, 0.5) is 0 Å². The second-order valence-electron chi connectivity index (χ2n) is 10.5. The summed E-state index contributed by atoms with van der Waals surface area (Å²) in [5.74, 6) is 1.22. The van der Waals surface area contributed by atoms with Gasteiger partial charge in [0.25, 0.3) is 5.56 Å². The van der Waals surface area contributed by atoms with Crippen LogP contribution in [0.3, 0.4) is 0 Å². The molecule has 0 bridgehead atoms. The molecule has 0 unspecified atom stereocenters. The molecule has 234 valence electrons. The molecule has 1 aromatic heterocycles. The van der Waals surface area contributed by atoms with Crippen LogP contribution >= 0.6 is 38.9 Å². The van der Waals surface area contributed by atoms with Crippen LogP contribution < -0.4 is 29.1 Å².